The van der Waals surface area contributed by atoms with Crippen LogP contribution in [0, 0.1) is 5.92 Å². The smallest absolute Gasteiger partial charge is 0.252 e. The molecule has 1 saturated carbocycles. The fourth-order valence-corrected chi connectivity index (χ4v) is 5.86. The highest BCUT2D eigenvalue weighted by Crippen LogP contribution is 2.37. The number of benzene rings is 1. The predicted octanol–water partition coefficient (Wildman–Crippen LogP) is 6.17. The van der Waals surface area contributed by atoms with Crippen molar-refractivity contribution in [3.8, 4) is 5.75 Å². The van der Waals surface area contributed by atoms with Gasteiger partial charge in [0.1, 0.15) is 11.9 Å². The standard InChI is InChI=1S/C27H45NO4Si/c1-27(2,3)33(5,6)32-18-10-13-25-26(29)28(19-21-14-16-23(30-4)17-15-21)24(20-31-25)22-11-8-7-9-12-22/h14-17,22,24-25H,7-13,18-20H2,1-6H3/q-1. The zero-order chi connectivity index (χ0) is 24.1. The van der Waals surface area contributed by atoms with Crippen molar-refractivity contribution in [3.05, 3.63) is 29.8 Å². The fraction of sp³-hybridized carbons (Fsp3) is 0.741. The Bertz CT molecular complexity index is 752. The Morgan fingerprint density at radius 1 is 1.09 bits per heavy atom. The maximum atomic E-state index is 13.6. The lowest BCUT2D eigenvalue weighted by atomic mass is 9.82. The van der Waals surface area contributed by atoms with Crippen molar-refractivity contribution in [1.29, 1.82) is 0 Å². The second kappa shape index (κ2) is 11.4. The molecule has 1 amide bonds. The Morgan fingerprint density at radius 2 is 1.76 bits per heavy atom. The molecule has 2 fully saturated rings. The highest BCUT2D eigenvalue weighted by molar-refractivity contribution is 6.74. The summed E-state index contributed by atoms with van der Waals surface area (Å²) in [4.78, 5) is 15.7. The van der Waals surface area contributed by atoms with Gasteiger partial charge in [-0.25, -0.2) is 0 Å². The fourth-order valence-electron chi connectivity index (χ4n) is 4.78. The van der Waals surface area contributed by atoms with Gasteiger partial charge in [-0.2, -0.15) is 0 Å². The normalized spacial score (nSPS) is 23.1. The van der Waals surface area contributed by atoms with Crippen LogP contribution in [0.25, 0.3) is 0 Å². The molecule has 5 nitrogen and oxygen atoms in total. The summed E-state index contributed by atoms with van der Waals surface area (Å²) in [6.07, 6.45) is 7.47. The summed E-state index contributed by atoms with van der Waals surface area (Å²) in [5.41, 5.74) is 1.15. The molecule has 2 aliphatic rings. The minimum atomic E-state index is -1.76. The van der Waals surface area contributed by atoms with E-state index in [-0.39, 0.29) is 23.1 Å². The van der Waals surface area contributed by atoms with Gasteiger partial charge in [0.2, 0.25) is 0 Å². The number of nitrogens with zero attached hydrogens (tertiary/aromatic N) is 1. The number of morpholine rings is 1. The highest BCUT2D eigenvalue weighted by atomic mass is 28.4. The second-order valence-electron chi connectivity index (χ2n) is 11.4. The third-order valence-electron chi connectivity index (χ3n) is 8.01. The minimum absolute atomic E-state index is 0.153. The van der Waals surface area contributed by atoms with Crippen molar-refractivity contribution >= 4 is 14.2 Å². The first-order valence-electron chi connectivity index (χ1n) is 12.8. The van der Waals surface area contributed by atoms with E-state index in [1.165, 1.54) is 32.1 Å². The van der Waals surface area contributed by atoms with Gasteiger partial charge in [0, 0.05) is 13.2 Å². The molecule has 1 aliphatic carbocycles. The van der Waals surface area contributed by atoms with Crippen LogP contribution in [0.15, 0.2) is 24.3 Å². The van der Waals surface area contributed by atoms with E-state index in [1.807, 2.05) is 12.1 Å². The van der Waals surface area contributed by atoms with Crippen molar-refractivity contribution in [2.24, 2.45) is 5.92 Å². The van der Waals surface area contributed by atoms with Crippen LogP contribution < -0.4 is 4.74 Å². The van der Waals surface area contributed by atoms with Crippen LogP contribution in [0.3, 0.4) is 0 Å². The van der Waals surface area contributed by atoms with Crippen LogP contribution in [0.4, 0.5) is 0 Å². The topological polar surface area (TPSA) is 48.0 Å². The van der Waals surface area contributed by atoms with Gasteiger partial charge in [-0.1, -0.05) is 52.2 Å². The monoisotopic (exact) mass is 475 g/mol. The number of hydrogen-bond acceptors (Lipinski definition) is 4. The van der Waals surface area contributed by atoms with Gasteiger partial charge < -0.3 is 18.8 Å². The molecule has 1 heterocycles. The summed E-state index contributed by atoms with van der Waals surface area (Å²) >= 11 is 0. The zero-order valence-electron chi connectivity index (χ0n) is 21.7. The van der Waals surface area contributed by atoms with Crippen LogP contribution in [-0.2, 0) is 20.5 Å². The van der Waals surface area contributed by atoms with Crippen LogP contribution in [0.5, 0.6) is 5.75 Å². The molecule has 0 spiro atoms. The summed E-state index contributed by atoms with van der Waals surface area (Å²) in [5.74, 6) is 1.54. The molecule has 1 aliphatic heterocycles. The third-order valence-corrected chi connectivity index (χ3v) is 12.6. The lowest BCUT2D eigenvalue weighted by Crippen LogP contribution is -2.56. The first kappa shape index (κ1) is 26.2. The van der Waals surface area contributed by atoms with Crippen LogP contribution >= 0.6 is 0 Å². The van der Waals surface area contributed by atoms with Gasteiger partial charge in [-0.05, 0) is 57.6 Å². The van der Waals surface area contributed by atoms with Crippen molar-refractivity contribution in [2.45, 2.75) is 103 Å². The average Bonchev–Trinajstić information content (AvgIpc) is 2.79. The molecule has 33 heavy (non-hydrogen) atoms. The first-order chi connectivity index (χ1) is 15.6. The Kier molecular flexibility index (Phi) is 9.04. The van der Waals surface area contributed by atoms with Crippen molar-refractivity contribution in [2.75, 3.05) is 20.3 Å². The van der Waals surface area contributed by atoms with Crippen molar-refractivity contribution in [1.82, 2.24) is 4.90 Å². The Balaban J connectivity index is 1.64. The van der Waals surface area contributed by atoms with E-state index in [0.29, 0.717) is 25.7 Å². The second-order valence-corrected chi connectivity index (χ2v) is 16.2. The summed E-state index contributed by atoms with van der Waals surface area (Å²) in [6, 6.07) is 8.28. The largest absolute Gasteiger partial charge is 0.565 e. The van der Waals surface area contributed by atoms with Gasteiger partial charge in [0.25, 0.3) is 5.91 Å². The number of amides is 1. The summed E-state index contributed by atoms with van der Waals surface area (Å²) in [5, 5.41) is 0.201. The van der Waals surface area contributed by atoms with Crippen LogP contribution in [-0.4, -0.2) is 51.6 Å². The molecule has 3 rings (SSSR count). The zero-order valence-corrected chi connectivity index (χ0v) is 22.7. The van der Waals surface area contributed by atoms with Crippen molar-refractivity contribution in [3.63, 3.8) is 0 Å². The Morgan fingerprint density at radius 3 is 2.36 bits per heavy atom. The van der Waals surface area contributed by atoms with E-state index >= 15 is 0 Å². The molecule has 2 unspecified atom stereocenters. The maximum Gasteiger partial charge on any atom is 0.252 e. The molecule has 0 radical (unpaired) electrons. The first-order valence-corrected chi connectivity index (χ1v) is 15.7. The van der Waals surface area contributed by atoms with Gasteiger partial charge in [0.05, 0.1) is 19.8 Å². The number of rotatable bonds is 9. The Hall–Kier alpha value is -1.37. The molecule has 0 aromatic heterocycles. The maximum absolute atomic E-state index is 13.6. The number of carbonyl (C=O) groups excluding carboxylic acids is 1. The number of hydrogen-bond donors (Lipinski definition) is 0. The molecular formula is C27H45NO4Si-. The quantitative estimate of drug-likeness (QED) is 0.316. The third kappa shape index (κ3) is 6.83. The van der Waals surface area contributed by atoms with Crippen LogP contribution in [0.2, 0.25) is 18.1 Å². The Labute approximate surface area is 202 Å². The van der Waals surface area contributed by atoms with Gasteiger partial charge in [0.15, 0.2) is 0 Å². The molecule has 1 aromatic carbocycles. The summed E-state index contributed by atoms with van der Waals surface area (Å²) in [7, 11) is -0.0814. The number of methoxy groups -OCH3 is 1. The molecule has 0 bridgehead atoms. The molecule has 2 atom stereocenters. The van der Waals surface area contributed by atoms with Crippen molar-refractivity contribution < 1.29 is 18.7 Å². The lowest BCUT2D eigenvalue weighted by Gasteiger charge is -2.48. The molecule has 6 heteroatoms. The molecule has 1 aromatic rings. The minimum Gasteiger partial charge on any atom is -0.565 e. The van der Waals surface area contributed by atoms with E-state index in [2.05, 4.69) is 50.9 Å². The number of ether oxygens (including phenoxy) is 2. The van der Waals surface area contributed by atoms with Gasteiger partial charge >= 0.3 is 0 Å². The van der Waals surface area contributed by atoms with E-state index in [1.54, 1.807) is 7.11 Å². The SMILES string of the molecule is COc1ccc(CN2C(=O)C(CCCO[Si-](C)(C)C(C)(C)C)OCC2C2CCCCC2)cc1. The number of carbonyl (C=O) groups is 1. The average molecular weight is 476 g/mol. The summed E-state index contributed by atoms with van der Waals surface area (Å²) in [6.45, 7) is 13.3. The highest BCUT2D eigenvalue weighted by Gasteiger charge is 2.40. The van der Waals surface area contributed by atoms with E-state index in [9.17, 15) is 4.79 Å². The van der Waals surface area contributed by atoms with Gasteiger partial charge in [-0.3, -0.25) is 4.79 Å². The lowest BCUT2D eigenvalue weighted by molar-refractivity contribution is -0.165. The van der Waals surface area contributed by atoms with Crippen LogP contribution in [0.1, 0.15) is 71.3 Å². The van der Waals surface area contributed by atoms with Gasteiger partial charge in [-0.15, -0.1) is 18.1 Å². The summed E-state index contributed by atoms with van der Waals surface area (Å²) < 4.78 is 17.8. The molecular weight excluding hydrogens is 430 g/mol. The predicted molar refractivity (Wildman–Crippen MR) is 136 cm³/mol. The van der Waals surface area contributed by atoms with E-state index in [4.69, 9.17) is 13.9 Å². The molecule has 187 valence electrons. The molecule has 1 saturated heterocycles. The van der Waals surface area contributed by atoms with E-state index < -0.39 is 8.32 Å². The van der Waals surface area contributed by atoms with E-state index in [0.717, 1.165) is 24.2 Å². The molecule has 0 N–H and O–H groups in total.